The number of hydrogen-bond acceptors (Lipinski definition) is 4. The number of fused-ring (bicyclic) bond motifs is 4. The number of anilines is 4. The Kier molecular flexibility index (Phi) is 11.8. The molecule has 0 saturated carbocycles. The minimum absolute atomic E-state index is 0. The number of nitrogens with zero attached hydrogens (tertiary/aromatic N) is 4. The molecule has 0 radical (unpaired) electrons. The smallest absolute Gasteiger partial charge is 0.135 e. The first-order chi connectivity index (χ1) is 31.5. The van der Waals surface area contributed by atoms with Crippen molar-refractivity contribution in [2.75, 3.05) is 9.80 Å². The van der Waals surface area contributed by atoms with Crippen LogP contribution in [0.2, 0.25) is 0 Å². The fourth-order valence-corrected chi connectivity index (χ4v) is 9.07. The van der Waals surface area contributed by atoms with Gasteiger partial charge in [-0.15, -0.1) is 48.1 Å². The molecule has 0 bridgehead atoms. The van der Waals surface area contributed by atoms with Gasteiger partial charge in [0.1, 0.15) is 5.82 Å². The average molecular weight is 1060 g/mol. The maximum Gasteiger partial charge on any atom is 0.135 e. The summed E-state index contributed by atoms with van der Waals surface area (Å²) in [7, 11) is 0. The van der Waals surface area contributed by atoms with Crippen LogP contribution in [0, 0.1) is 25.7 Å². The Morgan fingerprint density at radius 3 is 1.85 bits per heavy atom. The van der Waals surface area contributed by atoms with E-state index in [0.717, 1.165) is 67.1 Å². The number of ether oxygens (including phenoxy) is 1. The first-order valence-corrected chi connectivity index (χ1v) is 23.0. The van der Waals surface area contributed by atoms with E-state index >= 15 is 0 Å². The van der Waals surface area contributed by atoms with Crippen molar-refractivity contribution in [2.45, 2.75) is 85.5 Å². The van der Waals surface area contributed by atoms with E-state index in [-0.39, 0.29) is 37.3 Å². The van der Waals surface area contributed by atoms with Gasteiger partial charge in [-0.2, -0.15) is 12.1 Å². The van der Waals surface area contributed by atoms with Gasteiger partial charge < -0.3 is 19.1 Å². The summed E-state index contributed by atoms with van der Waals surface area (Å²) in [6.45, 7) is 24.6. The van der Waals surface area contributed by atoms with Crippen molar-refractivity contribution in [3.63, 3.8) is 0 Å². The molecule has 0 unspecified atom stereocenters. The second kappa shape index (κ2) is 17.3. The summed E-state index contributed by atoms with van der Waals surface area (Å²) in [5, 5.41) is 2.20. The van der Waals surface area contributed by atoms with E-state index in [4.69, 9.17) is 9.72 Å². The number of pyridine rings is 1. The molecule has 6 heteroatoms. The molecule has 5 nitrogen and oxygen atoms in total. The Balaban J connectivity index is 0.00000562. The van der Waals surface area contributed by atoms with Crippen molar-refractivity contribution in [3.05, 3.63) is 199 Å². The quantitative estimate of drug-likeness (QED) is 0.149. The first-order valence-electron chi connectivity index (χ1n) is 23.0. The predicted molar refractivity (Wildman–Crippen MR) is 276 cm³/mol. The number of aromatic nitrogens is 2. The standard InChI is InChI=1S/C61H57N4O.Pt/c1-40-32-58(62-38-53(40)41-24-27-44(28-25-41)59(2,3)4)65-54-31-26-43(42-16-13-17-45(33-42)60(5,6)7)34-52(54)51-30-29-50(37-57(51)65)66-49-21-15-20-48(36-49)64-39-63(55-22-11-12-23-56(55)64)47-19-14-18-46(35-47)61(8,9)10;/h11-35,38-39H,1-10H3;/q-3;. The third-order valence-corrected chi connectivity index (χ3v) is 13.0. The van der Waals surface area contributed by atoms with Gasteiger partial charge in [-0.25, -0.2) is 4.98 Å². The van der Waals surface area contributed by atoms with E-state index in [1.807, 2.05) is 24.4 Å². The molecular formula is C61H57N4OPt-3. The van der Waals surface area contributed by atoms with Crippen molar-refractivity contribution in [1.82, 2.24) is 9.55 Å². The fraction of sp³-hybridized carbons (Fsp3) is 0.213. The molecule has 0 amide bonds. The summed E-state index contributed by atoms with van der Waals surface area (Å²) in [6, 6.07) is 61.6. The molecule has 340 valence electrons. The molecule has 0 fully saturated rings. The van der Waals surface area contributed by atoms with E-state index in [0.29, 0.717) is 11.5 Å². The van der Waals surface area contributed by atoms with Gasteiger partial charge in [0.05, 0.1) is 0 Å². The molecule has 2 aromatic heterocycles. The van der Waals surface area contributed by atoms with Gasteiger partial charge in [0, 0.05) is 66.9 Å². The number of para-hydroxylation sites is 2. The van der Waals surface area contributed by atoms with Crippen molar-refractivity contribution >= 4 is 44.6 Å². The van der Waals surface area contributed by atoms with Crippen LogP contribution in [-0.2, 0) is 37.3 Å². The van der Waals surface area contributed by atoms with Crippen LogP contribution in [0.4, 0.5) is 22.7 Å². The molecule has 0 spiro atoms. The summed E-state index contributed by atoms with van der Waals surface area (Å²) in [5.41, 5.74) is 16.0. The van der Waals surface area contributed by atoms with Crippen molar-refractivity contribution in [3.8, 4) is 39.6 Å². The third-order valence-electron chi connectivity index (χ3n) is 13.0. The second-order valence-electron chi connectivity index (χ2n) is 20.8. The maximum absolute atomic E-state index is 6.70. The molecule has 1 aliphatic heterocycles. The van der Waals surface area contributed by atoms with Crippen LogP contribution >= 0.6 is 0 Å². The van der Waals surface area contributed by atoms with Crippen LogP contribution in [0.15, 0.2) is 158 Å². The van der Waals surface area contributed by atoms with Crippen LogP contribution in [0.25, 0.3) is 49.9 Å². The monoisotopic (exact) mass is 1060 g/mol. The van der Waals surface area contributed by atoms with Crippen LogP contribution in [0.1, 0.15) is 84.6 Å². The normalized spacial score (nSPS) is 13.0. The van der Waals surface area contributed by atoms with Gasteiger partial charge in [-0.3, -0.25) is 0 Å². The van der Waals surface area contributed by atoms with E-state index in [2.05, 4.69) is 236 Å². The Morgan fingerprint density at radius 2 is 1.15 bits per heavy atom. The maximum atomic E-state index is 6.70. The van der Waals surface area contributed by atoms with Crippen molar-refractivity contribution in [2.24, 2.45) is 0 Å². The molecule has 9 aromatic rings. The molecule has 0 atom stereocenters. The van der Waals surface area contributed by atoms with Gasteiger partial charge in [0.15, 0.2) is 0 Å². The van der Waals surface area contributed by atoms with Gasteiger partial charge in [-0.1, -0.05) is 153 Å². The van der Waals surface area contributed by atoms with Crippen LogP contribution in [0.3, 0.4) is 0 Å². The number of rotatable bonds is 7. The van der Waals surface area contributed by atoms with Gasteiger partial charge >= 0.3 is 0 Å². The Labute approximate surface area is 411 Å². The Morgan fingerprint density at radius 1 is 0.522 bits per heavy atom. The molecule has 67 heavy (non-hydrogen) atoms. The van der Waals surface area contributed by atoms with Crippen molar-refractivity contribution in [1.29, 1.82) is 0 Å². The molecular weight excluding hydrogens is 1000 g/mol. The summed E-state index contributed by atoms with van der Waals surface area (Å²) in [4.78, 5) is 9.60. The van der Waals surface area contributed by atoms with Gasteiger partial charge in [0.2, 0.25) is 0 Å². The summed E-state index contributed by atoms with van der Waals surface area (Å²) in [6.07, 6.45) is 2.01. The summed E-state index contributed by atoms with van der Waals surface area (Å²) in [5.74, 6) is 2.02. The van der Waals surface area contributed by atoms with E-state index in [1.54, 1.807) is 0 Å². The minimum Gasteiger partial charge on any atom is -0.509 e. The topological polar surface area (TPSA) is 33.5 Å². The van der Waals surface area contributed by atoms with E-state index < -0.39 is 0 Å². The van der Waals surface area contributed by atoms with Crippen LogP contribution < -0.4 is 14.5 Å². The van der Waals surface area contributed by atoms with E-state index in [9.17, 15) is 0 Å². The molecule has 0 aliphatic carbocycles. The molecule has 7 aromatic carbocycles. The number of hydrogen-bond donors (Lipinski definition) is 0. The molecule has 3 heterocycles. The predicted octanol–water partition coefficient (Wildman–Crippen LogP) is 16.5. The van der Waals surface area contributed by atoms with Crippen LogP contribution in [0.5, 0.6) is 11.5 Å². The SMILES string of the molecule is Cc1cc(-n2c3[c-]c(Oc4[c-]c(N5[CH-]N(c6cccc(C(C)(C)C)c6)c6ccccc65)ccc4)ccc3c3cc(-c4cccc(C(C)(C)C)c4)ccc32)ncc1-c1ccc(C(C)(C)C)cc1.[Pt]. The minimum atomic E-state index is 0. The Hall–Kier alpha value is -6.42. The zero-order valence-electron chi connectivity index (χ0n) is 40.1. The second-order valence-corrected chi connectivity index (χ2v) is 20.8. The summed E-state index contributed by atoms with van der Waals surface area (Å²) >= 11 is 0. The largest absolute Gasteiger partial charge is 0.509 e. The van der Waals surface area contributed by atoms with Gasteiger partial charge in [0.25, 0.3) is 0 Å². The third kappa shape index (κ3) is 8.83. The first kappa shape index (κ1) is 45.7. The molecule has 10 rings (SSSR count). The molecule has 0 saturated heterocycles. The molecule has 0 N–H and O–H groups in total. The zero-order chi connectivity index (χ0) is 46.1. The van der Waals surface area contributed by atoms with Crippen LogP contribution in [-0.4, -0.2) is 9.55 Å². The Bertz CT molecular complexity index is 3290. The average Bonchev–Trinajstić information content (AvgIpc) is 3.84. The van der Waals surface area contributed by atoms with Crippen molar-refractivity contribution < 1.29 is 25.8 Å². The number of aryl methyl sites for hydroxylation is 1. The fourth-order valence-electron chi connectivity index (χ4n) is 9.07. The number of benzene rings is 7. The van der Waals surface area contributed by atoms with Gasteiger partial charge in [-0.05, 0) is 104 Å². The summed E-state index contributed by atoms with van der Waals surface area (Å²) < 4.78 is 8.93. The zero-order valence-corrected chi connectivity index (χ0v) is 42.4. The van der Waals surface area contributed by atoms with E-state index in [1.165, 1.54) is 27.8 Å². The molecule has 1 aliphatic rings.